The molecule has 0 saturated carbocycles. The predicted molar refractivity (Wildman–Crippen MR) is 91.1 cm³/mol. The Hall–Kier alpha value is -3.07. The maximum atomic E-state index is 12.7. The Kier molecular flexibility index (Phi) is 4.62. The molecule has 1 aliphatic rings. The maximum Gasteiger partial charge on any atom is 0.254 e. The van der Waals surface area contributed by atoms with Crippen molar-refractivity contribution in [3.8, 4) is 18.1 Å². The lowest BCUT2D eigenvalue weighted by Gasteiger charge is -2.34. The van der Waals surface area contributed by atoms with E-state index in [4.69, 9.17) is 11.2 Å². The molecule has 0 N–H and O–H groups in total. The molecule has 0 spiro atoms. The number of hydrogen-bond acceptors (Lipinski definition) is 5. The number of benzene rings is 1. The third kappa shape index (κ3) is 3.15. The van der Waals surface area contributed by atoms with Gasteiger partial charge in [-0.15, -0.1) is 6.42 Å². The number of piperazine rings is 1. The molecule has 1 fully saturated rings. The van der Waals surface area contributed by atoms with Crippen LogP contribution in [0.3, 0.4) is 0 Å². The van der Waals surface area contributed by atoms with Crippen LogP contribution in [0.15, 0.2) is 36.7 Å². The summed E-state index contributed by atoms with van der Waals surface area (Å²) in [5, 5.41) is 0. The lowest BCUT2D eigenvalue weighted by atomic mass is 10.1. The van der Waals surface area contributed by atoms with Gasteiger partial charge in [-0.1, -0.05) is 5.92 Å². The van der Waals surface area contributed by atoms with Crippen LogP contribution in [-0.4, -0.2) is 54.1 Å². The molecule has 0 aliphatic carbocycles. The maximum absolute atomic E-state index is 12.7. The van der Waals surface area contributed by atoms with Gasteiger partial charge in [0.1, 0.15) is 5.75 Å². The van der Waals surface area contributed by atoms with Gasteiger partial charge in [-0.25, -0.2) is 9.97 Å². The second kappa shape index (κ2) is 7.01. The van der Waals surface area contributed by atoms with Gasteiger partial charge in [0.25, 0.3) is 5.91 Å². The van der Waals surface area contributed by atoms with E-state index in [0.717, 1.165) is 0 Å². The van der Waals surface area contributed by atoms with Crippen molar-refractivity contribution in [2.45, 2.75) is 0 Å². The largest absolute Gasteiger partial charge is 0.495 e. The molecule has 2 aromatic rings. The Labute approximate surface area is 141 Å². The number of terminal acetylenes is 1. The van der Waals surface area contributed by atoms with E-state index < -0.39 is 0 Å². The molecule has 0 unspecified atom stereocenters. The van der Waals surface area contributed by atoms with Gasteiger partial charge in [-0.2, -0.15) is 0 Å². The van der Waals surface area contributed by atoms with Crippen LogP contribution in [-0.2, 0) is 0 Å². The molecule has 6 heteroatoms. The fraction of sp³-hybridized carbons (Fsp3) is 0.278. The topological polar surface area (TPSA) is 58.6 Å². The van der Waals surface area contributed by atoms with Gasteiger partial charge in [0.15, 0.2) is 0 Å². The summed E-state index contributed by atoms with van der Waals surface area (Å²) in [5.74, 6) is 3.82. The molecule has 0 bridgehead atoms. The van der Waals surface area contributed by atoms with Gasteiger partial charge in [-0.05, 0) is 24.3 Å². The molecule has 0 atom stereocenters. The van der Waals surface area contributed by atoms with Crippen molar-refractivity contribution in [2.24, 2.45) is 0 Å². The van der Waals surface area contributed by atoms with Crippen LogP contribution in [0.2, 0.25) is 0 Å². The van der Waals surface area contributed by atoms with Crippen molar-refractivity contribution < 1.29 is 9.53 Å². The molecule has 24 heavy (non-hydrogen) atoms. The quantitative estimate of drug-likeness (QED) is 0.800. The summed E-state index contributed by atoms with van der Waals surface area (Å²) in [6, 6.07) is 6.97. The van der Waals surface area contributed by atoms with Crippen molar-refractivity contribution in [1.29, 1.82) is 0 Å². The van der Waals surface area contributed by atoms with Crippen LogP contribution in [0.1, 0.15) is 15.9 Å². The molecule has 1 amide bonds. The summed E-state index contributed by atoms with van der Waals surface area (Å²) >= 11 is 0. The highest BCUT2D eigenvalue weighted by molar-refractivity contribution is 5.95. The Morgan fingerprint density at radius 1 is 1.21 bits per heavy atom. The van der Waals surface area contributed by atoms with E-state index in [9.17, 15) is 4.79 Å². The third-order valence-electron chi connectivity index (χ3n) is 4.00. The van der Waals surface area contributed by atoms with Crippen molar-refractivity contribution in [1.82, 2.24) is 14.9 Å². The molecule has 1 aromatic heterocycles. The van der Waals surface area contributed by atoms with Crippen LogP contribution in [0.5, 0.6) is 5.75 Å². The minimum Gasteiger partial charge on any atom is -0.495 e. The van der Waals surface area contributed by atoms with Crippen LogP contribution >= 0.6 is 0 Å². The molecule has 0 radical (unpaired) electrons. The number of carbonyl (C=O) groups is 1. The summed E-state index contributed by atoms with van der Waals surface area (Å²) in [4.78, 5) is 25.1. The van der Waals surface area contributed by atoms with E-state index in [2.05, 4.69) is 20.8 Å². The van der Waals surface area contributed by atoms with Crippen molar-refractivity contribution >= 4 is 11.9 Å². The molecular formula is C18H18N4O2. The molecule has 2 heterocycles. The third-order valence-corrected chi connectivity index (χ3v) is 4.00. The Morgan fingerprint density at radius 3 is 2.54 bits per heavy atom. The SMILES string of the molecule is C#Cc1cc(C(=O)N2CCN(c3ncccn3)CC2)ccc1OC. The molecule has 122 valence electrons. The second-order valence-corrected chi connectivity index (χ2v) is 5.39. The number of ether oxygens (including phenoxy) is 1. The van der Waals surface area contributed by atoms with Gasteiger partial charge < -0.3 is 14.5 Å². The number of carbonyl (C=O) groups excluding carboxylic acids is 1. The van der Waals surface area contributed by atoms with Gasteiger partial charge in [-0.3, -0.25) is 4.79 Å². The smallest absolute Gasteiger partial charge is 0.254 e. The molecule has 3 rings (SSSR count). The van der Waals surface area contributed by atoms with Gasteiger partial charge in [0.05, 0.1) is 12.7 Å². The fourth-order valence-corrected chi connectivity index (χ4v) is 2.70. The lowest BCUT2D eigenvalue weighted by Crippen LogP contribution is -2.49. The number of amides is 1. The fourth-order valence-electron chi connectivity index (χ4n) is 2.70. The average molecular weight is 322 g/mol. The first kappa shape index (κ1) is 15.8. The molecular weight excluding hydrogens is 304 g/mol. The highest BCUT2D eigenvalue weighted by atomic mass is 16.5. The summed E-state index contributed by atoms with van der Waals surface area (Å²) in [7, 11) is 1.56. The predicted octanol–water partition coefficient (Wildman–Crippen LogP) is 1.43. The monoisotopic (exact) mass is 322 g/mol. The van der Waals surface area contributed by atoms with Crippen molar-refractivity contribution in [2.75, 3.05) is 38.2 Å². The summed E-state index contributed by atoms with van der Waals surface area (Å²) in [6.07, 6.45) is 8.92. The zero-order valence-electron chi connectivity index (χ0n) is 13.5. The Morgan fingerprint density at radius 2 is 1.92 bits per heavy atom. The summed E-state index contributed by atoms with van der Waals surface area (Å²) in [6.45, 7) is 2.64. The second-order valence-electron chi connectivity index (χ2n) is 5.39. The standard InChI is InChI=1S/C18H18N4O2/c1-3-14-13-15(5-6-16(14)24-2)17(23)21-9-11-22(12-10-21)18-19-7-4-8-20-18/h1,4-8,13H,9-12H2,2H3. The van der Waals surface area contributed by atoms with Crippen molar-refractivity contribution in [3.63, 3.8) is 0 Å². The number of rotatable bonds is 3. The minimum atomic E-state index is -0.0252. The number of methoxy groups -OCH3 is 1. The van der Waals surface area contributed by atoms with Crippen LogP contribution < -0.4 is 9.64 Å². The molecule has 6 nitrogen and oxygen atoms in total. The molecule has 1 aliphatic heterocycles. The van der Waals surface area contributed by atoms with E-state index in [-0.39, 0.29) is 5.91 Å². The molecule has 1 aromatic carbocycles. The van der Waals surface area contributed by atoms with Crippen LogP contribution in [0.25, 0.3) is 0 Å². The first-order chi connectivity index (χ1) is 11.7. The Balaban J connectivity index is 1.68. The first-order valence-electron chi connectivity index (χ1n) is 7.69. The van der Waals surface area contributed by atoms with E-state index in [0.29, 0.717) is 49.0 Å². The van der Waals surface area contributed by atoms with Crippen LogP contribution in [0, 0.1) is 12.3 Å². The minimum absolute atomic E-state index is 0.0252. The van der Waals surface area contributed by atoms with E-state index >= 15 is 0 Å². The summed E-state index contributed by atoms with van der Waals surface area (Å²) in [5.41, 5.74) is 1.16. The number of anilines is 1. The van der Waals surface area contributed by atoms with Crippen LogP contribution in [0.4, 0.5) is 5.95 Å². The average Bonchev–Trinajstić information content (AvgIpc) is 2.67. The molecule has 1 saturated heterocycles. The first-order valence-corrected chi connectivity index (χ1v) is 7.69. The zero-order chi connectivity index (χ0) is 16.9. The summed E-state index contributed by atoms with van der Waals surface area (Å²) < 4.78 is 5.19. The van der Waals surface area contributed by atoms with E-state index in [1.165, 1.54) is 0 Å². The van der Waals surface area contributed by atoms with Crippen molar-refractivity contribution in [3.05, 3.63) is 47.8 Å². The number of hydrogen-bond donors (Lipinski definition) is 0. The number of aromatic nitrogens is 2. The van der Waals surface area contributed by atoms with Gasteiger partial charge in [0.2, 0.25) is 5.95 Å². The zero-order valence-corrected chi connectivity index (χ0v) is 13.5. The lowest BCUT2D eigenvalue weighted by molar-refractivity contribution is 0.0746. The normalized spacial score (nSPS) is 14.2. The van der Waals surface area contributed by atoms with Gasteiger partial charge >= 0.3 is 0 Å². The Bertz CT molecular complexity index is 762. The van der Waals surface area contributed by atoms with E-state index in [1.54, 1.807) is 43.8 Å². The van der Waals surface area contributed by atoms with E-state index in [1.807, 2.05) is 4.90 Å². The van der Waals surface area contributed by atoms with Gasteiger partial charge in [0, 0.05) is 44.1 Å². The number of nitrogens with zero attached hydrogens (tertiary/aromatic N) is 4. The highest BCUT2D eigenvalue weighted by Crippen LogP contribution is 2.20. The highest BCUT2D eigenvalue weighted by Gasteiger charge is 2.23.